The van der Waals surface area contributed by atoms with E-state index in [0.29, 0.717) is 19.5 Å². The van der Waals surface area contributed by atoms with Crippen molar-refractivity contribution in [3.63, 3.8) is 0 Å². The van der Waals surface area contributed by atoms with Gasteiger partial charge in [-0.1, -0.05) is 0 Å². The van der Waals surface area contributed by atoms with Crippen molar-refractivity contribution < 1.29 is 8.78 Å². The highest BCUT2D eigenvalue weighted by atomic mass is 19.3. The molecule has 1 unspecified atom stereocenters. The van der Waals surface area contributed by atoms with Gasteiger partial charge < -0.3 is 0 Å². The zero-order valence-corrected chi connectivity index (χ0v) is 7.26. The molecule has 1 atom stereocenters. The first-order valence-corrected chi connectivity index (χ1v) is 4.19. The molecule has 70 valence electrons. The summed E-state index contributed by atoms with van der Waals surface area (Å²) in [6, 6.07) is 0. The number of hydrazone groups is 1. The van der Waals surface area contributed by atoms with Crippen LogP contribution in [-0.2, 0) is 0 Å². The van der Waals surface area contributed by atoms with Gasteiger partial charge in [0.25, 0.3) is 5.92 Å². The maximum Gasteiger partial charge on any atom is 0.252 e. The lowest BCUT2D eigenvalue weighted by Gasteiger charge is -2.38. The molecule has 0 aromatic heterocycles. The van der Waals surface area contributed by atoms with Gasteiger partial charge in [0.15, 0.2) is 0 Å². The summed E-state index contributed by atoms with van der Waals surface area (Å²) in [7, 11) is 0. The minimum atomic E-state index is -2.46. The average molecular weight is 176 g/mol. The van der Waals surface area contributed by atoms with E-state index in [2.05, 4.69) is 11.8 Å². The molecule has 0 saturated heterocycles. The van der Waals surface area contributed by atoms with Crippen molar-refractivity contribution in [1.82, 2.24) is 5.01 Å². The van der Waals surface area contributed by atoms with Crippen LogP contribution in [0.3, 0.4) is 0 Å². The molecule has 0 radical (unpaired) electrons. The Hall–Kier alpha value is -0.670. The molecule has 1 aliphatic carbocycles. The Morgan fingerprint density at radius 3 is 2.58 bits per heavy atom. The second-order valence-electron chi connectivity index (χ2n) is 3.14. The monoisotopic (exact) mass is 176 g/mol. The fourth-order valence-electron chi connectivity index (χ4n) is 1.33. The normalized spacial score (nSPS) is 26.1. The van der Waals surface area contributed by atoms with Crippen LogP contribution in [0.2, 0.25) is 0 Å². The van der Waals surface area contributed by atoms with E-state index in [-0.39, 0.29) is 6.42 Å². The van der Waals surface area contributed by atoms with E-state index in [1.807, 2.05) is 6.92 Å². The van der Waals surface area contributed by atoms with E-state index in [4.69, 9.17) is 0 Å². The van der Waals surface area contributed by atoms with E-state index >= 15 is 0 Å². The fraction of sp³-hybridized carbons (Fsp3) is 0.875. The molecule has 1 fully saturated rings. The van der Waals surface area contributed by atoms with Gasteiger partial charge in [-0.3, -0.25) is 5.01 Å². The van der Waals surface area contributed by atoms with Gasteiger partial charge in [-0.25, -0.2) is 8.78 Å². The van der Waals surface area contributed by atoms with Crippen molar-refractivity contribution in [3.8, 4) is 0 Å². The van der Waals surface area contributed by atoms with Crippen molar-refractivity contribution in [3.05, 3.63) is 0 Å². The molecular weight excluding hydrogens is 162 g/mol. The largest absolute Gasteiger partial charge is 0.297 e. The molecule has 0 N–H and O–H groups in total. The average Bonchev–Trinajstić information content (AvgIpc) is 2.05. The topological polar surface area (TPSA) is 15.6 Å². The molecule has 4 heteroatoms. The van der Waals surface area contributed by atoms with Crippen LogP contribution >= 0.6 is 0 Å². The lowest BCUT2D eigenvalue weighted by atomic mass is 9.80. The summed E-state index contributed by atoms with van der Waals surface area (Å²) >= 11 is 0. The van der Waals surface area contributed by atoms with E-state index in [0.717, 1.165) is 0 Å². The molecule has 1 saturated carbocycles. The third-order valence-electron chi connectivity index (χ3n) is 2.42. The molecule has 0 aromatic carbocycles. The van der Waals surface area contributed by atoms with Gasteiger partial charge >= 0.3 is 0 Å². The van der Waals surface area contributed by atoms with E-state index in [1.165, 1.54) is 0 Å². The van der Waals surface area contributed by atoms with Gasteiger partial charge in [0.05, 0.1) is 0 Å². The van der Waals surface area contributed by atoms with Gasteiger partial charge in [0, 0.05) is 32.1 Å². The van der Waals surface area contributed by atoms with Gasteiger partial charge in [-0.2, -0.15) is 5.10 Å². The predicted molar refractivity (Wildman–Crippen MR) is 44.5 cm³/mol. The number of hydrogen-bond donors (Lipinski definition) is 0. The quantitative estimate of drug-likeness (QED) is 0.472. The lowest BCUT2D eigenvalue weighted by Crippen LogP contribution is -2.44. The van der Waals surface area contributed by atoms with Crippen LogP contribution in [0.15, 0.2) is 5.10 Å². The Labute approximate surface area is 71.2 Å². The highest BCUT2D eigenvalue weighted by molar-refractivity contribution is 5.22. The Kier molecular flexibility index (Phi) is 2.65. The van der Waals surface area contributed by atoms with Crippen LogP contribution in [0.5, 0.6) is 0 Å². The second-order valence-corrected chi connectivity index (χ2v) is 3.14. The van der Waals surface area contributed by atoms with Crippen LogP contribution in [-0.4, -0.2) is 30.7 Å². The van der Waals surface area contributed by atoms with Crippen LogP contribution in [0.4, 0.5) is 8.78 Å². The van der Waals surface area contributed by atoms with Crippen LogP contribution in [0.1, 0.15) is 19.8 Å². The summed E-state index contributed by atoms with van der Waals surface area (Å²) in [5.41, 5.74) is 0. The first kappa shape index (κ1) is 9.42. The summed E-state index contributed by atoms with van der Waals surface area (Å²) < 4.78 is 25.5. The van der Waals surface area contributed by atoms with Crippen molar-refractivity contribution >= 4 is 6.72 Å². The summed E-state index contributed by atoms with van der Waals surface area (Å²) in [6.45, 7) is 6.19. The summed E-state index contributed by atoms with van der Waals surface area (Å²) in [5.74, 6) is -2.97. The van der Waals surface area contributed by atoms with Crippen molar-refractivity contribution in [2.75, 3.05) is 13.1 Å². The molecule has 0 bridgehead atoms. The van der Waals surface area contributed by atoms with Gasteiger partial charge in [0.1, 0.15) is 0 Å². The smallest absolute Gasteiger partial charge is 0.252 e. The molecule has 0 heterocycles. The molecule has 2 nitrogen and oxygen atoms in total. The first-order valence-electron chi connectivity index (χ1n) is 4.19. The molecule has 1 rings (SSSR count). The van der Waals surface area contributed by atoms with Crippen molar-refractivity contribution in [1.29, 1.82) is 0 Å². The minimum Gasteiger partial charge on any atom is -0.297 e. The fourth-order valence-corrected chi connectivity index (χ4v) is 1.33. The Morgan fingerprint density at radius 1 is 1.67 bits per heavy atom. The first-order chi connectivity index (χ1) is 5.60. The zero-order chi connectivity index (χ0) is 9.19. The molecule has 0 spiro atoms. The third kappa shape index (κ3) is 1.73. The Morgan fingerprint density at radius 2 is 2.33 bits per heavy atom. The maximum absolute atomic E-state index is 12.7. The molecule has 0 aliphatic heterocycles. The predicted octanol–water partition coefficient (Wildman–Crippen LogP) is 1.97. The summed E-state index contributed by atoms with van der Waals surface area (Å²) in [4.78, 5) is 0. The summed E-state index contributed by atoms with van der Waals surface area (Å²) in [6.07, 6.45) is 0.644. The van der Waals surface area contributed by atoms with Crippen LogP contribution in [0.25, 0.3) is 0 Å². The third-order valence-corrected chi connectivity index (χ3v) is 2.42. The number of nitrogens with zero attached hydrogens (tertiary/aromatic N) is 2. The maximum atomic E-state index is 12.7. The molecule has 1 aliphatic rings. The van der Waals surface area contributed by atoms with Crippen LogP contribution in [0, 0.1) is 5.92 Å². The van der Waals surface area contributed by atoms with Gasteiger partial charge in [-0.15, -0.1) is 0 Å². The SMILES string of the molecule is C=NN(CC)CC1CCC1(F)F. The van der Waals surface area contributed by atoms with Gasteiger partial charge in [0.2, 0.25) is 0 Å². The number of hydrogen-bond acceptors (Lipinski definition) is 2. The number of halogens is 2. The van der Waals surface area contributed by atoms with Crippen molar-refractivity contribution in [2.45, 2.75) is 25.7 Å². The lowest BCUT2D eigenvalue weighted by molar-refractivity contribution is -0.139. The molecule has 0 amide bonds. The van der Waals surface area contributed by atoms with E-state index < -0.39 is 11.8 Å². The molecule has 0 aromatic rings. The zero-order valence-electron chi connectivity index (χ0n) is 7.26. The van der Waals surface area contributed by atoms with E-state index in [1.54, 1.807) is 5.01 Å². The highest BCUT2D eigenvalue weighted by Gasteiger charge is 2.48. The Balaban J connectivity index is 2.36. The highest BCUT2D eigenvalue weighted by Crippen LogP contribution is 2.43. The van der Waals surface area contributed by atoms with Crippen molar-refractivity contribution in [2.24, 2.45) is 11.0 Å². The van der Waals surface area contributed by atoms with Crippen LogP contribution < -0.4 is 0 Å². The minimum absolute atomic E-state index is 0.0341. The number of alkyl halides is 2. The Bertz CT molecular complexity index is 170. The second kappa shape index (κ2) is 3.37. The molecule has 12 heavy (non-hydrogen) atoms. The molecular formula is C8H14F2N2. The van der Waals surface area contributed by atoms with Gasteiger partial charge in [-0.05, 0) is 13.3 Å². The standard InChI is InChI=1S/C8H14F2N2/c1-3-12(11-2)6-7-4-5-8(7,9)10/h7H,2-6H2,1H3. The van der Waals surface area contributed by atoms with E-state index in [9.17, 15) is 8.78 Å². The summed E-state index contributed by atoms with van der Waals surface area (Å²) in [5, 5.41) is 5.22. The number of rotatable bonds is 4.